The summed E-state index contributed by atoms with van der Waals surface area (Å²) in [6.07, 6.45) is 5.25. The van der Waals surface area contributed by atoms with Crippen LogP contribution in [0.15, 0.2) is 65.7 Å². The summed E-state index contributed by atoms with van der Waals surface area (Å²) in [6, 6.07) is 15.4. The molecule has 8 nitrogen and oxygen atoms in total. The summed E-state index contributed by atoms with van der Waals surface area (Å²) < 4.78 is 1.54. The van der Waals surface area contributed by atoms with Gasteiger partial charge in [0.1, 0.15) is 0 Å². The van der Waals surface area contributed by atoms with Crippen LogP contribution >= 0.6 is 0 Å². The number of anilines is 1. The van der Waals surface area contributed by atoms with Crippen LogP contribution in [0.2, 0.25) is 0 Å². The van der Waals surface area contributed by atoms with Gasteiger partial charge in [0.2, 0.25) is 0 Å². The molecule has 0 unspecified atom stereocenters. The molecule has 4 N–H and O–H groups in total. The summed E-state index contributed by atoms with van der Waals surface area (Å²) in [5.41, 5.74) is 2.38. The van der Waals surface area contributed by atoms with Crippen molar-refractivity contribution in [1.29, 1.82) is 0 Å². The standard InChI is InChI=1S/C29H37N5O3/c1-19-10-11-22(27(36)32-23-12-13-23)16-24(19)34-15-14-30-26(28(34)37)33-25(21-8-6-5-7-9-21)20(2)17-31-29(3,4)18-35/h5-11,14-16,20,23,25,31,35H,12-13,17-18H2,1-4H3,(H,30,33)(H,32,36)/t20-,25-/m1/s1. The number of aliphatic hydroxyl groups excluding tert-OH is 1. The van der Waals surface area contributed by atoms with Gasteiger partial charge in [-0.15, -0.1) is 0 Å². The molecule has 2 aromatic carbocycles. The molecule has 0 saturated heterocycles. The molecular formula is C29H37N5O3. The summed E-state index contributed by atoms with van der Waals surface area (Å²) in [5, 5.41) is 19.4. The minimum atomic E-state index is -0.415. The van der Waals surface area contributed by atoms with Gasteiger partial charge in [0.25, 0.3) is 11.5 Å². The van der Waals surface area contributed by atoms with Crippen molar-refractivity contribution in [3.8, 4) is 5.69 Å². The third kappa shape index (κ3) is 6.64. The van der Waals surface area contributed by atoms with Crippen LogP contribution in [0.5, 0.6) is 0 Å². The van der Waals surface area contributed by atoms with Gasteiger partial charge in [-0.25, -0.2) is 4.98 Å². The molecule has 0 radical (unpaired) electrons. The lowest BCUT2D eigenvalue weighted by Gasteiger charge is -2.30. The molecule has 196 valence electrons. The van der Waals surface area contributed by atoms with Crippen molar-refractivity contribution in [2.75, 3.05) is 18.5 Å². The minimum absolute atomic E-state index is 0.0190. The maximum absolute atomic E-state index is 13.6. The van der Waals surface area contributed by atoms with Crippen LogP contribution in [0.1, 0.15) is 61.1 Å². The average Bonchev–Trinajstić information content (AvgIpc) is 3.71. The van der Waals surface area contributed by atoms with Gasteiger partial charge in [0, 0.05) is 36.1 Å². The van der Waals surface area contributed by atoms with Crippen LogP contribution in [0.25, 0.3) is 5.69 Å². The predicted octanol–water partition coefficient (Wildman–Crippen LogP) is 3.58. The zero-order chi connectivity index (χ0) is 26.6. The van der Waals surface area contributed by atoms with Crippen LogP contribution in [-0.2, 0) is 0 Å². The summed E-state index contributed by atoms with van der Waals surface area (Å²) >= 11 is 0. The van der Waals surface area contributed by atoms with Crippen molar-refractivity contribution in [2.24, 2.45) is 5.92 Å². The topological polar surface area (TPSA) is 108 Å². The van der Waals surface area contributed by atoms with Gasteiger partial charge in [-0.1, -0.05) is 43.3 Å². The van der Waals surface area contributed by atoms with E-state index >= 15 is 0 Å². The van der Waals surface area contributed by atoms with Gasteiger partial charge in [0.05, 0.1) is 18.3 Å². The molecule has 3 aromatic rings. The Kier molecular flexibility index (Phi) is 8.10. The molecule has 1 aliphatic rings. The smallest absolute Gasteiger partial charge is 0.297 e. The quantitative estimate of drug-likeness (QED) is 0.319. The Balaban J connectivity index is 1.64. The highest BCUT2D eigenvalue weighted by molar-refractivity contribution is 5.95. The van der Waals surface area contributed by atoms with E-state index in [1.807, 2.05) is 57.2 Å². The number of aryl methyl sites for hydroxylation is 1. The Hall–Kier alpha value is -3.49. The Labute approximate surface area is 218 Å². The molecule has 1 aliphatic carbocycles. The number of aromatic nitrogens is 2. The number of benzene rings is 2. The fraction of sp³-hybridized carbons (Fsp3) is 0.414. The maximum Gasteiger partial charge on any atom is 0.297 e. The van der Waals surface area contributed by atoms with E-state index in [2.05, 4.69) is 27.9 Å². The van der Waals surface area contributed by atoms with Crippen LogP contribution in [-0.4, -0.2) is 45.3 Å². The molecule has 1 heterocycles. The number of carbonyl (C=O) groups excluding carboxylic acids is 1. The number of hydrogen-bond donors (Lipinski definition) is 4. The van der Waals surface area contributed by atoms with Gasteiger partial charge in [0.15, 0.2) is 5.82 Å². The first-order chi connectivity index (χ1) is 17.7. The molecule has 1 fully saturated rings. The van der Waals surface area contributed by atoms with Crippen LogP contribution in [0, 0.1) is 12.8 Å². The van der Waals surface area contributed by atoms with E-state index in [9.17, 15) is 14.7 Å². The number of hydrogen-bond acceptors (Lipinski definition) is 6. The summed E-state index contributed by atoms with van der Waals surface area (Å²) in [5.74, 6) is 0.177. The molecule has 4 rings (SSSR count). The van der Waals surface area contributed by atoms with Crippen molar-refractivity contribution in [2.45, 2.75) is 58.2 Å². The number of amides is 1. The highest BCUT2D eigenvalue weighted by Gasteiger charge is 2.26. The summed E-state index contributed by atoms with van der Waals surface area (Å²) in [6.45, 7) is 8.55. The SMILES string of the molecule is Cc1ccc(C(=O)NC2CC2)cc1-n1ccnc(N[C@@H](c2ccccc2)[C@H](C)CNC(C)(C)CO)c1=O. The fourth-order valence-electron chi connectivity index (χ4n) is 4.18. The van der Waals surface area contributed by atoms with Gasteiger partial charge in [-0.05, 0) is 62.8 Å². The van der Waals surface area contributed by atoms with E-state index in [0.717, 1.165) is 24.0 Å². The van der Waals surface area contributed by atoms with E-state index < -0.39 is 5.54 Å². The van der Waals surface area contributed by atoms with Gasteiger partial charge >= 0.3 is 0 Å². The normalized spacial score (nSPS) is 15.2. The second-order valence-corrected chi connectivity index (χ2v) is 10.6. The monoisotopic (exact) mass is 503 g/mol. The fourth-order valence-corrected chi connectivity index (χ4v) is 4.18. The van der Waals surface area contributed by atoms with Gasteiger partial charge < -0.3 is 21.1 Å². The van der Waals surface area contributed by atoms with E-state index in [0.29, 0.717) is 17.8 Å². The number of aliphatic hydroxyl groups is 1. The zero-order valence-corrected chi connectivity index (χ0v) is 22.0. The van der Waals surface area contributed by atoms with Gasteiger partial charge in [-0.2, -0.15) is 0 Å². The molecule has 0 spiro atoms. The zero-order valence-electron chi connectivity index (χ0n) is 22.0. The van der Waals surface area contributed by atoms with E-state index in [-0.39, 0.29) is 41.9 Å². The highest BCUT2D eigenvalue weighted by atomic mass is 16.3. The van der Waals surface area contributed by atoms with Gasteiger partial charge in [-0.3, -0.25) is 14.2 Å². The third-order valence-electron chi connectivity index (χ3n) is 6.80. The van der Waals surface area contributed by atoms with Crippen LogP contribution in [0.3, 0.4) is 0 Å². The molecule has 37 heavy (non-hydrogen) atoms. The Morgan fingerprint density at radius 1 is 1.19 bits per heavy atom. The lowest BCUT2D eigenvalue weighted by atomic mass is 9.93. The molecule has 0 bridgehead atoms. The van der Waals surface area contributed by atoms with Crippen molar-refractivity contribution in [3.63, 3.8) is 0 Å². The lowest BCUT2D eigenvalue weighted by Crippen LogP contribution is -2.46. The highest BCUT2D eigenvalue weighted by Crippen LogP contribution is 2.26. The number of carbonyl (C=O) groups is 1. The van der Waals surface area contributed by atoms with Crippen molar-refractivity contribution in [3.05, 3.63) is 88.0 Å². The Morgan fingerprint density at radius 3 is 2.59 bits per heavy atom. The van der Waals surface area contributed by atoms with Crippen molar-refractivity contribution in [1.82, 2.24) is 20.2 Å². The van der Waals surface area contributed by atoms with Crippen molar-refractivity contribution < 1.29 is 9.90 Å². The number of nitrogens with zero attached hydrogens (tertiary/aromatic N) is 2. The average molecular weight is 504 g/mol. The largest absolute Gasteiger partial charge is 0.394 e. The molecule has 8 heteroatoms. The Bertz CT molecular complexity index is 1280. The first-order valence-corrected chi connectivity index (χ1v) is 12.9. The Morgan fingerprint density at radius 2 is 1.92 bits per heavy atom. The molecule has 1 amide bonds. The molecule has 0 aliphatic heterocycles. The maximum atomic E-state index is 13.6. The molecule has 2 atom stereocenters. The summed E-state index contributed by atoms with van der Waals surface area (Å²) in [7, 11) is 0. The van der Waals surface area contributed by atoms with E-state index in [1.165, 1.54) is 0 Å². The molecule has 1 aromatic heterocycles. The van der Waals surface area contributed by atoms with Crippen LogP contribution < -0.4 is 21.5 Å². The number of rotatable bonds is 11. The molecule has 1 saturated carbocycles. The second-order valence-electron chi connectivity index (χ2n) is 10.6. The predicted molar refractivity (Wildman–Crippen MR) is 146 cm³/mol. The second kappa shape index (κ2) is 11.3. The first-order valence-electron chi connectivity index (χ1n) is 12.9. The minimum Gasteiger partial charge on any atom is -0.394 e. The van der Waals surface area contributed by atoms with E-state index in [4.69, 9.17) is 0 Å². The van der Waals surface area contributed by atoms with Crippen molar-refractivity contribution >= 4 is 11.7 Å². The third-order valence-corrected chi connectivity index (χ3v) is 6.80. The van der Waals surface area contributed by atoms with Crippen LogP contribution in [0.4, 0.5) is 5.82 Å². The molecular weight excluding hydrogens is 466 g/mol. The lowest BCUT2D eigenvalue weighted by molar-refractivity contribution is 0.0951. The van der Waals surface area contributed by atoms with E-state index in [1.54, 1.807) is 29.1 Å². The first kappa shape index (κ1) is 26.6. The number of nitrogens with one attached hydrogen (secondary N) is 3. The summed E-state index contributed by atoms with van der Waals surface area (Å²) in [4.78, 5) is 30.6.